The van der Waals surface area contributed by atoms with E-state index in [4.69, 9.17) is 0 Å². The molecular formula is C21H29IN6S. The molecule has 0 aliphatic carbocycles. The van der Waals surface area contributed by atoms with E-state index in [0.717, 1.165) is 42.3 Å². The van der Waals surface area contributed by atoms with Crippen LogP contribution in [-0.4, -0.2) is 54.1 Å². The van der Waals surface area contributed by atoms with E-state index in [1.54, 1.807) is 0 Å². The van der Waals surface area contributed by atoms with Gasteiger partial charge in [-0.1, -0.05) is 18.2 Å². The van der Waals surface area contributed by atoms with Crippen LogP contribution in [-0.2, 0) is 6.42 Å². The van der Waals surface area contributed by atoms with Gasteiger partial charge in [0.1, 0.15) is 5.82 Å². The molecule has 4 rings (SSSR count). The SMILES string of the molecule is CN=C(NCCc1nc2ccccc2[nH]1)NCC(c1cccs1)N1CCCC1.I. The van der Waals surface area contributed by atoms with E-state index in [0.29, 0.717) is 6.04 Å². The highest BCUT2D eigenvalue weighted by Crippen LogP contribution is 2.27. The summed E-state index contributed by atoms with van der Waals surface area (Å²) in [6.07, 6.45) is 3.43. The van der Waals surface area contributed by atoms with Gasteiger partial charge in [0, 0.05) is 31.4 Å². The number of aliphatic imine (C=N–C) groups is 1. The number of imidazole rings is 1. The Kier molecular flexibility index (Phi) is 8.31. The molecule has 1 aliphatic rings. The normalized spacial score (nSPS) is 16.0. The Morgan fingerprint density at radius 2 is 2.03 bits per heavy atom. The largest absolute Gasteiger partial charge is 0.356 e. The fourth-order valence-electron chi connectivity index (χ4n) is 3.78. The number of benzene rings is 1. The quantitative estimate of drug-likeness (QED) is 0.250. The fraction of sp³-hybridized carbons (Fsp3) is 0.429. The summed E-state index contributed by atoms with van der Waals surface area (Å²) in [6, 6.07) is 12.9. The molecule has 1 unspecified atom stereocenters. The van der Waals surface area contributed by atoms with E-state index in [1.807, 2.05) is 36.6 Å². The molecule has 0 bridgehead atoms. The number of fused-ring (bicyclic) bond motifs is 1. The standard InChI is InChI=1S/C21H28N6S.HI/c1-22-21(23-11-10-20-25-16-7-2-3-8-17(16)26-20)24-15-18(19-9-6-14-28-19)27-12-4-5-13-27;/h2-3,6-9,14,18H,4-5,10-13,15H2,1H3,(H,25,26)(H2,22,23,24);1H. The first-order valence-electron chi connectivity index (χ1n) is 9.99. The third-order valence-electron chi connectivity index (χ3n) is 5.23. The molecular weight excluding hydrogens is 495 g/mol. The van der Waals surface area contributed by atoms with E-state index >= 15 is 0 Å². The van der Waals surface area contributed by atoms with Gasteiger partial charge in [0.25, 0.3) is 0 Å². The van der Waals surface area contributed by atoms with Crippen molar-refractivity contribution in [2.75, 3.05) is 33.2 Å². The maximum absolute atomic E-state index is 4.63. The zero-order valence-corrected chi connectivity index (χ0v) is 19.9. The number of hydrogen-bond acceptors (Lipinski definition) is 4. The summed E-state index contributed by atoms with van der Waals surface area (Å²) in [5.74, 6) is 1.84. The predicted octanol–water partition coefficient (Wildman–Crippen LogP) is 3.79. The summed E-state index contributed by atoms with van der Waals surface area (Å²) in [4.78, 5) is 16.4. The molecule has 156 valence electrons. The van der Waals surface area contributed by atoms with E-state index in [9.17, 15) is 0 Å². The van der Waals surface area contributed by atoms with Gasteiger partial charge in [0.15, 0.2) is 5.96 Å². The third-order valence-corrected chi connectivity index (χ3v) is 6.21. The molecule has 2 aromatic heterocycles. The van der Waals surface area contributed by atoms with Crippen LogP contribution < -0.4 is 10.6 Å². The van der Waals surface area contributed by atoms with Crippen molar-refractivity contribution in [2.45, 2.75) is 25.3 Å². The van der Waals surface area contributed by atoms with Crippen LogP contribution in [0.4, 0.5) is 0 Å². The molecule has 3 aromatic rings. The molecule has 29 heavy (non-hydrogen) atoms. The zero-order valence-electron chi connectivity index (χ0n) is 16.7. The molecule has 1 fully saturated rings. The molecule has 3 heterocycles. The van der Waals surface area contributed by atoms with Crippen LogP contribution >= 0.6 is 35.3 Å². The Hall–Kier alpha value is -1.65. The number of nitrogens with zero attached hydrogens (tertiary/aromatic N) is 3. The molecule has 1 aromatic carbocycles. The number of para-hydroxylation sites is 2. The lowest BCUT2D eigenvalue weighted by Crippen LogP contribution is -2.43. The second kappa shape index (κ2) is 10.9. The van der Waals surface area contributed by atoms with Crippen molar-refractivity contribution >= 4 is 52.3 Å². The summed E-state index contributed by atoms with van der Waals surface area (Å²) < 4.78 is 0. The summed E-state index contributed by atoms with van der Waals surface area (Å²) in [6.45, 7) is 4.02. The van der Waals surface area contributed by atoms with E-state index in [-0.39, 0.29) is 24.0 Å². The molecule has 0 spiro atoms. The van der Waals surface area contributed by atoms with Gasteiger partial charge in [-0.25, -0.2) is 4.98 Å². The van der Waals surface area contributed by atoms with Gasteiger partial charge in [-0.2, -0.15) is 0 Å². The number of rotatable bonds is 7. The number of H-pyrrole nitrogens is 1. The number of aromatic amines is 1. The highest BCUT2D eigenvalue weighted by Gasteiger charge is 2.24. The van der Waals surface area contributed by atoms with Crippen molar-refractivity contribution < 1.29 is 0 Å². The topological polar surface area (TPSA) is 68.3 Å². The maximum Gasteiger partial charge on any atom is 0.191 e. The van der Waals surface area contributed by atoms with Crippen LogP contribution in [0.3, 0.4) is 0 Å². The van der Waals surface area contributed by atoms with Crippen molar-refractivity contribution in [3.8, 4) is 0 Å². The number of hydrogen-bond donors (Lipinski definition) is 3. The maximum atomic E-state index is 4.63. The molecule has 1 saturated heterocycles. The van der Waals surface area contributed by atoms with Crippen molar-refractivity contribution in [1.82, 2.24) is 25.5 Å². The van der Waals surface area contributed by atoms with Gasteiger partial charge >= 0.3 is 0 Å². The molecule has 8 heteroatoms. The minimum Gasteiger partial charge on any atom is -0.356 e. The average molecular weight is 524 g/mol. The zero-order chi connectivity index (χ0) is 19.2. The van der Waals surface area contributed by atoms with E-state index < -0.39 is 0 Å². The van der Waals surface area contributed by atoms with Gasteiger partial charge in [-0.15, -0.1) is 35.3 Å². The Morgan fingerprint density at radius 1 is 1.21 bits per heavy atom. The summed E-state index contributed by atoms with van der Waals surface area (Å²) in [5.41, 5.74) is 2.11. The van der Waals surface area contributed by atoms with Crippen LogP contribution in [0, 0.1) is 0 Å². The third kappa shape index (κ3) is 5.70. The summed E-state index contributed by atoms with van der Waals surface area (Å²) in [5, 5.41) is 9.10. The number of thiophene rings is 1. The smallest absolute Gasteiger partial charge is 0.191 e. The highest BCUT2D eigenvalue weighted by atomic mass is 127. The minimum atomic E-state index is 0. The van der Waals surface area contributed by atoms with Crippen LogP contribution in [0.1, 0.15) is 29.6 Å². The molecule has 6 nitrogen and oxygen atoms in total. The Morgan fingerprint density at radius 3 is 2.76 bits per heavy atom. The van der Waals surface area contributed by atoms with Gasteiger partial charge < -0.3 is 15.6 Å². The van der Waals surface area contributed by atoms with E-state index in [2.05, 4.69) is 54.1 Å². The van der Waals surface area contributed by atoms with Crippen LogP contribution in [0.5, 0.6) is 0 Å². The second-order valence-electron chi connectivity index (χ2n) is 7.10. The van der Waals surface area contributed by atoms with Crippen molar-refractivity contribution in [3.63, 3.8) is 0 Å². The second-order valence-corrected chi connectivity index (χ2v) is 8.08. The van der Waals surface area contributed by atoms with E-state index in [1.165, 1.54) is 30.8 Å². The number of aromatic nitrogens is 2. The monoisotopic (exact) mass is 524 g/mol. The predicted molar refractivity (Wildman–Crippen MR) is 132 cm³/mol. The summed E-state index contributed by atoms with van der Waals surface area (Å²) >= 11 is 1.84. The van der Waals surface area contributed by atoms with Crippen LogP contribution in [0.15, 0.2) is 46.8 Å². The summed E-state index contributed by atoms with van der Waals surface area (Å²) in [7, 11) is 1.83. The molecule has 0 saturated carbocycles. The van der Waals surface area contributed by atoms with Crippen molar-refractivity contribution in [3.05, 3.63) is 52.5 Å². The fourth-order valence-corrected chi connectivity index (χ4v) is 4.64. The lowest BCUT2D eigenvalue weighted by atomic mass is 10.2. The van der Waals surface area contributed by atoms with Crippen molar-refractivity contribution in [2.24, 2.45) is 4.99 Å². The van der Waals surface area contributed by atoms with Crippen LogP contribution in [0.25, 0.3) is 11.0 Å². The minimum absolute atomic E-state index is 0. The highest BCUT2D eigenvalue weighted by molar-refractivity contribution is 14.0. The molecule has 0 amide bonds. The van der Waals surface area contributed by atoms with Gasteiger partial charge in [-0.05, 0) is 49.5 Å². The number of guanidine groups is 1. The first-order chi connectivity index (χ1) is 13.8. The molecule has 1 atom stereocenters. The Bertz CT molecular complexity index is 868. The Labute approximate surface area is 193 Å². The average Bonchev–Trinajstić information content (AvgIpc) is 3.48. The first kappa shape index (κ1) is 22.0. The van der Waals surface area contributed by atoms with Gasteiger partial charge in [0.05, 0.1) is 17.1 Å². The van der Waals surface area contributed by atoms with Gasteiger partial charge in [-0.3, -0.25) is 9.89 Å². The van der Waals surface area contributed by atoms with Crippen LogP contribution in [0.2, 0.25) is 0 Å². The first-order valence-corrected chi connectivity index (χ1v) is 10.9. The Balaban J connectivity index is 0.00000240. The lowest BCUT2D eigenvalue weighted by Gasteiger charge is -2.27. The molecule has 3 N–H and O–H groups in total. The number of nitrogens with one attached hydrogen (secondary N) is 3. The van der Waals surface area contributed by atoms with Gasteiger partial charge in [0.2, 0.25) is 0 Å². The molecule has 1 aliphatic heterocycles. The lowest BCUT2D eigenvalue weighted by molar-refractivity contribution is 0.249. The van der Waals surface area contributed by atoms with Crippen molar-refractivity contribution in [1.29, 1.82) is 0 Å². The number of halogens is 1. The number of likely N-dealkylation sites (tertiary alicyclic amines) is 1. The molecule has 0 radical (unpaired) electrons.